The molecule has 1 aliphatic carbocycles. The lowest BCUT2D eigenvalue weighted by Gasteiger charge is -2.03. The van der Waals surface area contributed by atoms with Gasteiger partial charge in [0.05, 0.1) is 5.56 Å². The molecule has 13 heavy (non-hydrogen) atoms. The molecule has 0 heterocycles. The van der Waals surface area contributed by atoms with Crippen molar-refractivity contribution in [1.29, 1.82) is 0 Å². The molecular formula is C11H12O2. The lowest BCUT2D eigenvalue weighted by Crippen LogP contribution is -2.03. The van der Waals surface area contributed by atoms with E-state index in [0.29, 0.717) is 5.56 Å². The van der Waals surface area contributed by atoms with Gasteiger partial charge in [0.15, 0.2) is 5.78 Å². The fourth-order valence-corrected chi connectivity index (χ4v) is 1.92. The Balaban J connectivity index is 2.68. The highest BCUT2D eigenvalue weighted by Gasteiger charge is 2.30. The van der Waals surface area contributed by atoms with Crippen molar-refractivity contribution in [3.05, 3.63) is 28.8 Å². The van der Waals surface area contributed by atoms with E-state index in [1.165, 1.54) is 0 Å². The second-order valence-electron chi connectivity index (χ2n) is 3.72. The van der Waals surface area contributed by atoms with Gasteiger partial charge < -0.3 is 5.11 Å². The number of fused-ring (bicyclic) bond motifs is 1. The van der Waals surface area contributed by atoms with Gasteiger partial charge in [-0.2, -0.15) is 0 Å². The van der Waals surface area contributed by atoms with E-state index in [-0.39, 0.29) is 17.5 Å². The van der Waals surface area contributed by atoms with E-state index in [4.69, 9.17) is 0 Å². The molecule has 0 saturated carbocycles. The van der Waals surface area contributed by atoms with E-state index in [9.17, 15) is 9.90 Å². The zero-order valence-electron chi connectivity index (χ0n) is 7.79. The average Bonchev–Trinajstić information content (AvgIpc) is 2.38. The molecule has 1 aliphatic rings. The molecule has 1 aromatic carbocycles. The van der Waals surface area contributed by atoms with Crippen LogP contribution >= 0.6 is 0 Å². The zero-order chi connectivity index (χ0) is 9.59. The van der Waals surface area contributed by atoms with Crippen LogP contribution in [0, 0.1) is 12.8 Å². The molecule has 0 radical (unpaired) electrons. The summed E-state index contributed by atoms with van der Waals surface area (Å²) in [7, 11) is 0. The van der Waals surface area contributed by atoms with Gasteiger partial charge >= 0.3 is 0 Å². The Labute approximate surface area is 77.2 Å². The number of Topliss-reactive ketones (excluding diaryl/α,β-unsaturated/α-hetero) is 1. The van der Waals surface area contributed by atoms with Crippen molar-refractivity contribution in [2.45, 2.75) is 20.3 Å². The minimum absolute atomic E-state index is 0.0296. The van der Waals surface area contributed by atoms with Crippen molar-refractivity contribution in [3.8, 4) is 5.75 Å². The topological polar surface area (TPSA) is 37.3 Å². The SMILES string of the molecule is Cc1ccc(O)c2c1CC(C)C2=O. The van der Waals surface area contributed by atoms with Gasteiger partial charge in [-0.15, -0.1) is 0 Å². The monoisotopic (exact) mass is 176 g/mol. The maximum absolute atomic E-state index is 11.6. The van der Waals surface area contributed by atoms with E-state index in [1.54, 1.807) is 6.07 Å². The van der Waals surface area contributed by atoms with Crippen LogP contribution in [0.1, 0.15) is 28.4 Å². The van der Waals surface area contributed by atoms with Crippen LogP contribution in [0.15, 0.2) is 12.1 Å². The Morgan fingerprint density at radius 3 is 2.77 bits per heavy atom. The first-order chi connectivity index (χ1) is 6.11. The third-order valence-electron chi connectivity index (χ3n) is 2.73. The molecule has 1 N–H and O–H groups in total. The number of carbonyl (C=O) groups excluding carboxylic acids is 1. The fraction of sp³-hybridized carbons (Fsp3) is 0.364. The summed E-state index contributed by atoms with van der Waals surface area (Å²) in [5, 5.41) is 9.52. The molecule has 0 bridgehead atoms. The van der Waals surface area contributed by atoms with Gasteiger partial charge in [-0.25, -0.2) is 0 Å². The Morgan fingerprint density at radius 2 is 2.15 bits per heavy atom. The van der Waals surface area contributed by atoms with E-state index < -0.39 is 0 Å². The number of hydrogen-bond acceptors (Lipinski definition) is 2. The molecule has 2 rings (SSSR count). The van der Waals surface area contributed by atoms with E-state index >= 15 is 0 Å². The third kappa shape index (κ3) is 1.05. The highest BCUT2D eigenvalue weighted by atomic mass is 16.3. The molecule has 0 aromatic heterocycles. The molecule has 0 saturated heterocycles. The maximum Gasteiger partial charge on any atom is 0.170 e. The van der Waals surface area contributed by atoms with Crippen LogP contribution in [0.25, 0.3) is 0 Å². The molecule has 2 heteroatoms. The minimum atomic E-state index is 0.0296. The van der Waals surface area contributed by atoms with E-state index in [2.05, 4.69) is 0 Å². The van der Waals surface area contributed by atoms with Gasteiger partial charge in [0.25, 0.3) is 0 Å². The van der Waals surface area contributed by atoms with Crippen LogP contribution in [0.3, 0.4) is 0 Å². The van der Waals surface area contributed by atoms with E-state index in [1.807, 2.05) is 19.9 Å². The predicted molar refractivity (Wildman–Crippen MR) is 50.0 cm³/mol. The number of phenols is 1. The summed E-state index contributed by atoms with van der Waals surface area (Å²) >= 11 is 0. The Morgan fingerprint density at radius 1 is 1.46 bits per heavy atom. The zero-order valence-corrected chi connectivity index (χ0v) is 7.79. The quantitative estimate of drug-likeness (QED) is 0.657. The average molecular weight is 176 g/mol. The van der Waals surface area contributed by atoms with Gasteiger partial charge in [0.1, 0.15) is 5.75 Å². The number of benzene rings is 1. The number of aryl methyl sites for hydroxylation is 1. The van der Waals surface area contributed by atoms with Crippen molar-refractivity contribution >= 4 is 5.78 Å². The highest BCUT2D eigenvalue weighted by Crippen LogP contribution is 2.34. The lowest BCUT2D eigenvalue weighted by molar-refractivity contribution is 0.0944. The number of aromatic hydroxyl groups is 1. The number of phenolic OH excluding ortho intramolecular Hbond substituents is 1. The standard InChI is InChI=1S/C11H12O2/c1-6-3-4-9(12)10-8(6)5-7(2)11(10)13/h3-4,7,12H,5H2,1-2H3. The first-order valence-corrected chi connectivity index (χ1v) is 4.47. The number of hydrogen-bond donors (Lipinski definition) is 1. The molecular weight excluding hydrogens is 164 g/mol. The van der Waals surface area contributed by atoms with Crippen LogP contribution in [0.2, 0.25) is 0 Å². The molecule has 1 atom stereocenters. The molecule has 68 valence electrons. The second kappa shape index (κ2) is 2.59. The summed E-state index contributed by atoms with van der Waals surface area (Å²) < 4.78 is 0. The van der Waals surface area contributed by atoms with Crippen LogP contribution in [-0.2, 0) is 6.42 Å². The molecule has 0 amide bonds. The van der Waals surface area contributed by atoms with E-state index in [0.717, 1.165) is 17.5 Å². The van der Waals surface area contributed by atoms with Gasteiger partial charge in [-0.05, 0) is 30.5 Å². The summed E-state index contributed by atoms with van der Waals surface area (Å²) in [6.07, 6.45) is 0.772. The summed E-state index contributed by atoms with van der Waals surface area (Å²) in [4.78, 5) is 11.6. The van der Waals surface area contributed by atoms with Crippen molar-refractivity contribution in [2.75, 3.05) is 0 Å². The molecule has 1 aromatic rings. The Hall–Kier alpha value is -1.31. The van der Waals surface area contributed by atoms with Crippen molar-refractivity contribution in [1.82, 2.24) is 0 Å². The predicted octanol–water partition coefficient (Wildman–Crippen LogP) is 2.08. The molecule has 0 aliphatic heterocycles. The summed E-state index contributed by atoms with van der Waals surface area (Å²) in [5.74, 6) is 0.244. The van der Waals surface area contributed by atoms with Crippen LogP contribution in [-0.4, -0.2) is 10.9 Å². The minimum Gasteiger partial charge on any atom is -0.507 e. The Bertz CT molecular complexity index is 380. The van der Waals surface area contributed by atoms with Gasteiger partial charge in [-0.1, -0.05) is 13.0 Å². The number of rotatable bonds is 0. The van der Waals surface area contributed by atoms with Crippen LogP contribution < -0.4 is 0 Å². The normalized spacial score (nSPS) is 20.5. The molecule has 1 unspecified atom stereocenters. The summed E-state index contributed by atoms with van der Waals surface area (Å²) in [5.41, 5.74) is 2.68. The molecule has 0 spiro atoms. The number of ketones is 1. The maximum atomic E-state index is 11.6. The number of carbonyl (C=O) groups is 1. The first kappa shape index (κ1) is 8.30. The highest BCUT2D eigenvalue weighted by molar-refractivity contribution is 6.04. The fourth-order valence-electron chi connectivity index (χ4n) is 1.92. The van der Waals surface area contributed by atoms with Crippen molar-refractivity contribution in [2.24, 2.45) is 5.92 Å². The summed E-state index contributed by atoms with van der Waals surface area (Å²) in [6.45, 7) is 3.88. The Kier molecular flexibility index (Phi) is 1.65. The molecule has 0 fully saturated rings. The van der Waals surface area contributed by atoms with Crippen molar-refractivity contribution < 1.29 is 9.90 Å². The van der Waals surface area contributed by atoms with Gasteiger partial charge in [0.2, 0.25) is 0 Å². The van der Waals surface area contributed by atoms with Crippen molar-refractivity contribution in [3.63, 3.8) is 0 Å². The second-order valence-corrected chi connectivity index (χ2v) is 3.72. The smallest absolute Gasteiger partial charge is 0.170 e. The summed E-state index contributed by atoms with van der Waals surface area (Å²) in [6, 6.07) is 3.46. The first-order valence-electron chi connectivity index (χ1n) is 4.47. The van der Waals surface area contributed by atoms with Gasteiger partial charge in [-0.3, -0.25) is 4.79 Å². The third-order valence-corrected chi connectivity index (χ3v) is 2.73. The van der Waals surface area contributed by atoms with Crippen LogP contribution in [0.4, 0.5) is 0 Å². The molecule has 2 nitrogen and oxygen atoms in total. The van der Waals surface area contributed by atoms with Crippen LogP contribution in [0.5, 0.6) is 5.75 Å². The largest absolute Gasteiger partial charge is 0.507 e. The van der Waals surface area contributed by atoms with Gasteiger partial charge in [0, 0.05) is 5.92 Å². The lowest BCUT2D eigenvalue weighted by atomic mass is 10.0.